The van der Waals surface area contributed by atoms with Gasteiger partial charge in [-0.15, -0.1) is 0 Å². The molecule has 172 valence electrons. The quantitative estimate of drug-likeness (QED) is 0.679. The third-order valence-corrected chi connectivity index (χ3v) is 5.90. The van der Waals surface area contributed by atoms with Gasteiger partial charge < -0.3 is 14.4 Å². The number of allylic oxidation sites excluding steroid dienone is 4. The highest BCUT2D eigenvalue weighted by molar-refractivity contribution is 6.00. The number of halogens is 3. The molecule has 0 bridgehead atoms. The van der Waals surface area contributed by atoms with E-state index >= 15 is 0 Å². The van der Waals surface area contributed by atoms with E-state index in [0.29, 0.717) is 22.6 Å². The average Bonchev–Trinajstić information content (AvgIpc) is 2.95. The van der Waals surface area contributed by atoms with E-state index in [4.69, 9.17) is 9.47 Å². The molecule has 0 saturated carbocycles. The molecule has 0 fully saturated rings. The Morgan fingerprint density at radius 3 is 2.42 bits per heavy atom. The van der Waals surface area contributed by atoms with Crippen molar-refractivity contribution in [3.05, 3.63) is 83.5 Å². The highest BCUT2D eigenvalue weighted by Gasteiger charge is 2.45. The first-order valence-electron chi connectivity index (χ1n) is 10.4. The van der Waals surface area contributed by atoms with Crippen molar-refractivity contribution in [2.24, 2.45) is 0 Å². The van der Waals surface area contributed by atoms with Crippen LogP contribution in [0.5, 0.6) is 11.5 Å². The minimum atomic E-state index is -4.98. The second kappa shape index (κ2) is 8.77. The second-order valence-corrected chi connectivity index (χ2v) is 8.02. The van der Waals surface area contributed by atoms with E-state index in [1.807, 2.05) is 30.3 Å². The largest absolute Gasteiger partial charge is 0.493 e. The molecule has 1 aliphatic heterocycles. The Morgan fingerprint density at radius 1 is 1.09 bits per heavy atom. The molecule has 33 heavy (non-hydrogen) atoms. The van der Waals surface area contributed by atoms with Crippen molar-refractivity contribution in [2.45, 2.75) is 31.2 Å². The van der Waals surface area contributed by atoms with E-state index in [2.05, 4.69) is 0 Å². The smallest absolute Gasteiger partial charge is 0.471 e. The number of methoxy groups -OCH3 is 1. The number of alkyl halides is 3. The molecule has 0 radical (unpaired) electrons. The van der Waals surface area contributed by atoms with Gasteiger partial charge in [-0.05, 0) is 47.4 Å². The Morgan fingerprint density at radius 2 is 1.79 bits per heavy atom. The fraction of sp³-hybridized carbons (Fsp3) is 0.280. The molecule has 2 aromatic carbocycles. The van der Waals surface area contributed by atoms with Gasteiger partial charge in [0.1, 0.15) is 6.61 Å². The Labute approximate surface area is 189 Å². The Balaban J connectivity index is 1.77. The molecule has 0 aromatic heterocycles. The molecule has 0 N–H and O–H groups in total. The second-order valence-electron chi connectivity index (χ2n) is 8.02. The normalized spacial score (nSPS) is 17.0. The van der Waals surface area contributed by atoms with Crippen molar-refractivity contribution in [1.82, 2.24) is 4.90 Å². The third kappa shape index (κ3) is 4.65. The topological polar surface area (TPSA) is 55.8 Å². The van der Waals surface area contributed by atoms with Gasteiger partial charge >= 0.3 is 12.1 Å². The number of ketones is 1. The summed E-state index contributed by atoms with van der Waals surface area (Å²) in [5, 5.41) is 0. The van der Waals surface area contributed by atoms with Crippen LogP contribution in [0.4, 0.5) is 13.2 Å². The first-order chi connectivity index (χ1) is 15.7. The number of hydrogen-bond acceptors (Lipinski definition) is 4. The molecule has 0 unspecified atom stereocenters. The number of benzene rings is 2. The molecule has 4 rings (SSSR count). The van der Waals surface area contributed by atoms with E-state index in [1.165, 1.54) is 19.3 Å². The van der Waals surface area contributed by atoms with Crippen LogP contribution >= 0.6 is 0 Å². The molecule has 1 spiro atoms. The number of amides is 1. The Hall–Kier alpha value is -3.55. The summed E-state index contributed by atoms with van der Waals surface area (Å²) in [4.78, 5) is 24.6. The van der Waals surface area contributed by atoms with E-state index in [0.717, 1.165) is 10.5 Å². The lowest BCUT2D eigenvalue weighted by Gasteiger charge is -2.30. The van der Waals surface area contributed by atoms with Crippen molar-refractivity contribution in [3.8, 4) is 11.5 Å². The zero-order valence-corrected chi connectivity index (χ0v) is 17.9. The molecule has 2 aliphatic rings. The van der Waals surface area contributed by atoms with Crippen molar-refractivity contribution in [1.29, 1.82) is 0 Å². The minimum Gasteiger partial charge on any atom is -0.493 e. The van der Waals surface area contributed by atoms with Crippen molar-refractivity contribution in [2.75, 3.05) is 13.7 Å². The van der Waals surface area contributed by atoms with Crippen LogP contribution in [0.25, 0.3) is 0 Å². The summed E-state index contributed by atoms with van der Waals surface area (Å²) in [5.41, 5.74) is 1.26. The van der Waals surface area contributed by atoms with Crippen molar-refractivity contribution in [3.63, 3.8) is 0 Å². The van der Waals surface area contributed by atoms with Crippen LogP contribution in [0.3, 0.4) is 0 Å². The predicted octanol–water partition coefficient (Wildman–Crippen LogP) is 4.50. The predicted molar refractivity (Wildman–Crippen MR) is 115 cm³/mol. The van der Waals surface area contributed by atoms with Gasteiger partial charge in [0.15, 0.2) is 17.3 Å². The Bertz CT molecular complexity index is 1110. The first kappa shape index (κ1) is 22.6. The standard InChI is InChI=1S/C25H22F3NO4/c1-32-21-13-18-15-29(23(31)25(26,27)28)12-11-24(9-7-19(30)8-10-24)20(18)14-22(21)33-16-17-5-3-2-4-6-17/h2-10,13-14H,11-12,15-16H2,1H3. The van der Waals surface area contributed by atoms with Crippen molar-refractivity contribution >= 4 is 11.7 Å². The maximum atomic E-state index is 13.2. The van der Waals surface area contributed by atoms with Gasteiger partial charge in [-0.2, -0.15) is 13.2 Å². The van der Waals surface area contributed by atoms with Crippen LogP contribution in [0.2, 0.25) is 0 Å². The molecular formula is C25H22F3NO4. The summed E-state index contributed by atoms with van der Waals surface area (Å²) in [6.45, 7) is -0.0926. The van der Waals surface area contributed by atoms with Crippen LogP contribution in [-0.2, 0) is 28.2 Å². The van der Waals surface area contributed by atoms with Gasteiger partial charge in [0.05, 0.1) is 7.11 Å². The van der Waals surface area contributed by atoms with E-state index in [9.17, 15) is 22.8 Å². The van der Waals surface area contributed by atoms with Gasteiger partial charge in [0, 0.05) is 18.5 Å². The third-order valence-electron chi connectivity index (χ3n) is 5.90. The summed E-state index contributed by atoms with van der Waals surface area (Å²) in [7, 11) is 1.45. The maximum absolute atomic E-state index is 13.2. The lowest BCUT2D eigenvalue weighted by molar-refractivity contribution is -0.186. The molecule has 0 atom stereocenters. The first-order valence-corrected chi connectivity index (χ1v) is 10.4. The SMILES string of the molecule is COc1cc2c(cc1OCc1ccccc1)C1(C=CC(=O)C=C1)CCN(C(=O)C(F)(F)F)C2. The van der Waals surface area contributed by atoms with Crippen molar-refractivity contribution < 1.29 is 32.2 Å². The van der Waals surface area contributed by atoms with Gasteiger partial charge in [-0.1, -0.05) is 42.5 Å². The molecule has 0 saturated heterocycles. The van der Waals surface area contributed by atoms with Crippen LogP contribution < -0.4 is 9.47 Å². The lowest BCUT2D eigenvalue weighted by atomic mass is 9.73. The summed E-state index contributed by atoms with van der Waals surface area (Å²) < 4.78 is 51.0. The summed E-state index contributed by atoms with van der Waals surface area (Å²) in [6.07, 6.45) is 1.38. The monoisotopic (exact) mass is 457 g/mol. The molecule has 5 nitrogen and oxygen atoms in total. The highest BCUT2D eigenvalue weighted by Crippen LogP contribution is 2.44. The van der Waals surface area contributed by atoms with E-state index < -0.39 is 17.5 Å². The zero-order valence-electron chi connectivity index (χ0n) is 17.9. The lowest BCUT2D eigenvalue weighted by Crippen LogP contribution is -2.41. The molecular weight excluding hydrogens is 435 g/mol. The van der Waals surface area contributed by atoms with Crippen LogP contribution in [0.1, 0.15) is 23.1 Å². The number of rotatable bonds is 4. The van der Waals surface area contributed by atoms with E-state index in [-0.39, 0.29) is 31.9 Å². The maximum Gasteiger partial charge on any atom is 0.471 e. The Kier molecular flexibility index (Phi) is 6.01. The number of nitrogens with zero attached hydrogens (tertiary/aromatic N) is 1. The number of fused-ring (bicyclic) bond motifs is 2. The number of ether oxygens (including phenoxy) is 2. The van der Waals surface area contributed by atoms with E-state index in [1.54, 1.807) is 24.3 Å². The van der Waals surface area contributed by atoms with Gasteiger partial charge in [0.2, 0.25) is 0 Å². The molecule has 8 heteroatoms. The van der Waals surface area contributed by atoms with Gasteiger partial charge in [-0.3, -0.25) is 9.59 Å². The zero-order chi connectivity index (χ0) is 23.6. The van der Waals surface area contributed by atoms with Crippen LogP contribution in [0.15, 0.2) is 66.8 Å². The number of carbonyl (C=O) groups is 2. The van der Waals surface area contributed by atoms with Crippen LogP contribution in [-0.4, -0.2) is 36.4 Å². The minimum absolute atomic E-state index is 0.127. The van der Waals surface area contributed by atoms with Gasteiger partial charge in [0.25, 0.3) is 0 Å². The van der Waals surface area contributed by atoms with Gasteiger partial charge in [-0.25, -0.2) is 0 Å². The summed E-state index contributed by atoms with van der Waals surface area (Å²) in [6, 6.07) is 12.9. The molecule has 2 aromatic rings. The fourth-order valence-electron chi connectivity index (χ4n) is 4.18. The summed E-state index contributed by atoms with van der Waals surface area (Å²) in [5.74, 6) is -1.33. The molecule has 1 amide bonds. The number of hydrogen-bond donors (Lipinski definition) is 0. The highest BCUT2D eigenvalue weighted by atomic mass is 19.4. The summed E-state index contributed by atoms with van der Waals surface area (Å²) >= 11 is 0. The van der Waals surface area contributed by atoms with Crippen LogP contribution in [0, 0.1) is 0 Å². The fourth-order valence-corrected chi connectivity index (χ4v) is 4.18. The number of carbonyl (C=O) groups excluding carboxylic acids is 2. The average molecular weight is 457 g/mol. The molecule has 1 heterocycles. The molecule has 1 aliphatic carbocycles.